The van der Waals surface area contributed by atoms with Gasteiger partial charge in [-0.1, -0.05) is 0 Å². The SMILES string of the molecule is C[C@H]1CCCCN1c1ccc(N2C[C@H](C(N)=O)CC2=O)cc1. The van der Waals surface area contributed by atoms with E-state index in [2.05, 4.69) is 24.0 Å². The number of amides is 2. The van der Waals surface area contributed by atoms with E-state index in [4.69, 9.17) is 5.73 Å². The molecule has 1 aromatic carbocycles. The van der Waals surface area contributed by atoms with Crippen LogP contribution in [0.15, 0.2) is 24.3 Å². The molecular weight excluding hydrogens is 278 g/mol. The van der Waals surface area contributed by atoms with Crippen LogP contribution < -0.4 is 15.5 Å². The van der Waals surface area contributed by atoms with Gasteiger partial charge in [-0.25, -0.2) is 0 Å². The van der Waals surface area contributed by atoms with Crippen LogP contribution in [-0.2, 0) is 9.59 Å². The van der Waals surface area contributed by atoms with E-state index in [1.807, 2.05) is 12.1 Å². The molecule has 0 spiro atoms. The van der Waals surface area contributed by atoms with Crippen LogP contribution in [-0.4, -0.2) is 30.9 Å². The van der Waals surface area contributed by atoms with Crippen LogP contribution in [0.25, 0.3) is 0 Å². The Morgan fingerprint density at radius 1 is 1.18 bits per heavy atom. The highest BCUT2D eigenvalue weighted by Crippen LogP contribution is 2.29. The second-order valence-electron chi connectivity index (χ2n) is 6.36. The van der Waals surface area contributed by atoms with E-state index in [1.54, 1.807) is 4.90 Å². The zero-order chi connectivity index (χ0) is 15.7. The van der Waals surface area contributed by atoms with Crippen LogP contribution in [0.4, 0.5) is 11.4 Å². The Morgan fingerprint density at radius 2 is 1.86 bits per heavy atom. The molecule has 2 atom stereocenters. The average Bonchev–Trinajstić information content (AvgIpc) is 2.90. The summed E-state index contributed by atoms with van der Waals surface area (Å²) in [5, 5.41) is 0. The summed E-state index contributed by atoms with van der Waals surface area (Å²) in [5.41, 5.74) is 7.36. The van der Waals surface area contributed by atoms with Gasteiger partial charge in [0.1, 0.15) is 0 Å². The smallest absolute Gasteiger partial charge is 0.227 e. The Balaban J connectivity index is 1.74. The Hall–Kier alpha value is -2.04. The quantitative estimate of drug-likeness (QED) is 0.927. The van der Waals surface area contributed by atoms with Crippen molar-refractivity contribution in [3.05, 3.63) is 24.3 Å². The molecule has 2 aliphatic rings. The second kappa shape index (κ2) is 5.99. The van der Waals surface area contributed by atoms with E-state index in [-0.39, 0.29) is 18.2 Å². The van der Waals surface area contributed by atoms with Crippen molar-refractivity contribution in [1.29, 1.82) is 0 Å². The topological polar surface area (TPSA) is 66.6 Å². The predicted octanol–water partition coefficient (Wildman–Crippen LogP) is 1.90. The maximum Gasteiger partial charge on any atom is 0.227 e. The molecule has 2 amide bonds. The van der Waals surface area contributed by atoms with Gasteiger partial charge >= 0.3 is 0 Å². The summed E-state index contributed by atoms with van der Waals surface area (Å²) in [6.07, 6.45) is 3.98. The van der Waals surface area contributed by atoms with E-state index in [9.17, 15) is 9.59 Å². The number of nitrogens with zero attached hydrogens (tertiary/aromatic N) is 2. The molecule has 0 aromatic heterocycles. The van der Waals surface area contributed by atoms with E-state index in [0.29, 0.717) is 12.6 Å². The maximum atomic E-state index is 12.0. The van der Waals surface area contributed by atoms with Gasteiger partial charge in [0.05, 0.1) is 5.92 Å². The minimum absolute atomic E-state index is 0.0251. The Kier molecular flexibility index (Phi) is 4.05. The van der Waals surface area contributed by atoms with Crippen LogP contribution in [0.3, 0.4) is 0 Å². The van der Waals surface area contributed by atoms with Crippen LogP contribution in [0, 0.1) is 5.92 Å². The fourth-order valence-corrected chi connectivity index (χ4v) is 3.45. The third kappa shape index (κ3) is 2.80. The minimum Gasteiger partial charge on any atom is -0.369 e. The van der Waals surface area contributed by atoms with Crippen LogP contribution in [0.1, 0.15) is 32.6 Å². The number of hydrogen-bond donors (Lipinski definition) is 1. The highest BCUT2D eigenvalue weighted by molar-refractivity contribution is 6.00. The lowest BCUT2D eigenvalue weighted by Crippen LogP contribution is -2.37. The first-order valence-corrected chi connectivity index (χ1v) is 8.02. The third-order valence-corrected chi connectivity index (χ3v) is 4.82. The van der Waals surface area contributed by atoms with Gasteiger partial charge in [0.15, 0.2) is 0 Å². The molecule has 2 saturated heterocycles. The highest BCUT2D eigenvalue weighted by Gasteiger charge is 2.33. The van der Waals surface area contributed by atoms with Gasteiger partial charge in [-0.05, 0) is 50.5 Å². The molecule has 2 fully saturated rings. The van der Waals surface area contributed by atoms with E-state index in [0.717, 1.165) is 12.2 Å². The first-order valence-electron chi connectivity index (χ1n) is 8.02. The van der Waals surface area contributed by atoms with Crippen molar-refractivity contribution >= 4 is 23.2 Å². The van der Waals surface area contributed by atoms with Gasteiger partial charge in [0, 0.05) is 36.9 Å². The lowest BCUT2D eigenvalue weighted by atomic mass is 10.0. The molecule has 22 heavy (non-hydrogen) atoms. The number of hydrogen-bond acceptors (Lipinski definition) is 3. The lowest BCUT2D eigenvalue weighted by Gasteiger charge is -2.35. The van der Waals surface area contributed by atoms with Crippen LogP contribution in [0.5, 0.6) is 0 Å². The van der Waals surface area contributed by atoms with Crippen molar-refractivity contribution in [3.63, 3.8) is 0 Å². The molecule has 118 valence electrons. The van der Waals surface area contributed by atoms with E-state index in [1.165, 1.54) is 24.9 Å². The number of carbonyl (C=O) groups excluding carboxylic acids is 2. The molecule has 0 aliphatic carbocycles. The van der Waals surface area contributed by atoms with Crippen molar-refractivity contribution in [2.75, 3.05) is 22.9 Å². The van der Waals surface area contributed by atoms with E-state index < -0.39 is 5.91 Å². The Labute approximate surface area is 131 Å². The number of benzene rings is 1. The van der Waals surface area contributed by atoms with Gasteiger partial charge in [-0.15, -0.1) is 0 Å². The summed E-state index contributed by atoms with van der Waals surface area (Å²) in [6, 6.07) is 8.65. The number of nitrogens with two attached hydrogens (primary N) is 1. The van der Waals surface area contributed by atoms with Crippen molar-refractivity contribution in [3.8, 4) is 0 Å². The molecule has 1 aromatic rings. The molecule has 3 rings (SSSR count). The summed E-state index contributed by atoms with van der Waals surface area (Å²) in [4.78, 5) is 27.4. The van der Waals surface area contributed by atoms with Crippen LogP contribution in [0.2, 0.25) is 0 Å². The van der Waals surface area contributed by atoms with Crippen molar-refractivity contribution in [2.45, 2.75) is 38.6 Å². The number of carbonyl (C=O) groups is 2. The number of piperidine rings is 1. The first-order chi connectivity index (χ1) is 10.6. The zero-order valence-corrected chi connectivity index (χ0v) is 13.0. The zero-order valence-electron chi connectivity index (χ0n) is 13.0. The predicted molar refractivity (Wildman–Crippen MR) is 86.8 cm³/mol. The van der Waals surface area contributed by atoms with Gasteiger partial charge in [0.25, 0.3) is 0 Å². The lowest BCUT2D eigenvalue weighted by molar-refractivity contribution is -0.123. The molecule has 2 heterocycles. The summed E-state index contributed by atoms with van der Waals surface area (Å²) >= 11 is 0. The van der Waals surface area contributed by atoms with Crippen molar-refractivity contribution in [1.82, 2.24) is 0 Å². The number of anilines is 2. The fourth-order valence-electron chi connectivity index (χ4n) is 3.45. The normalized spacial score (nSPS) is 25.6. The Morgan fingerprint density at radius 3 is 2.45 bits per heavy atom. The van der Waals surface area contributed by atoms with Crippen molar-refractivity contribution in [2.24, 2.45) is 11.7 Å². The minimum atomic E-state index is -0.394. The average molecular weight is 301 g/mol. The molecule has 5 nitrogen and oxygen atoms in total. The van der Waals surface area contributed by atoms with Crippen molar-refractivity contribution < 1.29 is 9.59 Å². The Bertz CT molecular complexity index is 570. The largest absolute Gasteiger partial charge is 0.369 e. The molecule has 2 aliphatic heterocycles. The second-order valence-corrected chi connectivity index (χ2v) is 6.36. The summed E-state index contributed by atoms with van der Waals surface area (Å²) in [7, 11) is 0. The van der Waals surface area contributed by atoms with Gasteiger partial charge in [-0.2, -0.15) is 0 Å². The number of rotatable bonds is 3. The number of primary amides is 1. The molecule has 0 radical (unpaired) electrons. The third-order valence-electron chi connectivity index (χ3n) is 4.82. The van der Waals surface area contributed by atoms with Gasteiger partial charge in [-0.3, -0.25) is 9.59 Å². The molecule has 0 saturated carbocycles. The van der Waals surface area contributed by atoms with E-state index >= 15 is 0 Å². The first kappa shape index (κ1) is 14.9. The monoisotopic (exact) mass is 301 g/mol. The highest BCUT2D eigenvalue weighted by atomic mass is 16.2. The summed E-state index contributed by atoms with van der Waals surface area (Å²) in [5.74, 6) is -0.785. The van der Waals surface area contributed by atoms with Gasteiger partial charge in [0.2, 0.25) is 11.8 Å². The maximum absolute atomic E-state index is 12.0. The molecular formula is C17H23N3O2. The molecule has 0 bridgehead atoms. The van der Waals surface area contributed by atoms with Crippen LogP contribution >= 0.6 is 0 Å². The summed E-state index contributed by atoms with van der Waals surface area (Å²) in [6.45, 7) is 3.75. The molecule has 2 N–H and O–H groups in total. The fraction of sp³-hybridized carbons (Fsp3) is 0.529. The standard InChI is InChI=1S/C17H23N3O2/c1-12-4-2-3-9-19(12)14-5-7-15(8-6-14)20-11-13(17(18)22)10-16(20)21/h5-8,12-13H,2-4,9-11H2,1H3,(H2,18,22)/t12-,13+/m0/s1. The molecule has 5 heteroatoms. The van der Waals surface area contributed by atoms with Gasteiger partial charge < -0.3 is 15.5 Å². The summed E-state index contributed by atoms with van der Waals surface area (Å²) < 4.78 is 0. The molecule has 0 unspecified atom stereocenters.